The monoisotopic (exact) mass is 123 g/mol. The first-order chi connectivity index (χ1) is 4.76. The van der Waals surface area contributed by atoms with Crippen molar-refractivity contribution >= 4 is 5.97 Å². The fourth-order valence-corrected chi connectivity index (χ4v) is 0.135. The van der Waals surface area contributed by atoms with Gasteiger partial charge in [0.05, 0.1) is 6.10 Å². The number of carboxylic acid groups (broad SMARTS) is 1. The molecule has 0 aromatic rings. The summed E-state index contributed by atoms with van der Waals surface area (Å²) in [6.45, 7) is -2.74. The van der Waals surface area contributed by atoms with Crippen LogP contribution in [0, 0.1) is 0 Å². The summed E-state index contributed by atoms with van der Waals surface area (Å²) in [6.07, 6.45) is -2.01. The van der Waals surface area contributed by atoms with Gasteiger partial charge in [0.25, 0.3) is 0 Å². The molecule has 0 heterocycles. The van der Waals surface area contributed by atoms with Gasteiger partial charge in [0.1, 0.15) is 6.04 Å². The van der Waals surface area contributed by atoms with E-state index < -0.39 is 25.0 Å². The minimum Gasteiger partial charge on any atom is -0.480 e. The Morgan fingerprint density at radius 1 is 2.00 bits per heavy atom. The van der Waals surface area contributed by atoms with E-state index in [1.165, 1.54) is 0 Å². The zero-order valence-electron chi connectivity index (χ0n) is 7.03. The molecule has 0 aliphatic heterocycles. The summed E-state index contributed by atoms with van der Waals surface area (Å²) in [5.41, 5.74) is 4.84. The molecule has 48 valence electrons. The van der Waals surface area contributed by atoms with E-state index in [0.717, 1.165) is 0 Å². The molecule has 0 aromatic heterocycles. The van der Waals surface area contributed by atoms with E-state index in [-0.39, 0.29) is 0 Å². The Labute approximate surface area is 51.1 Å². The molecule has 0 bridgehead atoms. The number of hydrogen-bond donors (Lipinski definition) is 3. The van der Waals surface area contributed by atoms with Crippen molar-refractivity contribution in [2.75, 3.05) is 0 Å². The van der Waals surface area contributed by atoms with Crippen molar-refractivity contribution in [2.45, 2.75) is 19.0 Å². The Hall–Kier alpha value is -0.610. The van der Waals surface area contributed by atoms with Gasteiger partial charge in [-0.3, -0.25) is 4.79 Å². The molecule has 2 atom stereocenters. The molecule has 0 saturated heterocycles. The van der Waals surface area contributed by atoms with Crippen LogP contribution in [-0.2, 0) is 4.79 Å². The molecule has 4 heteroatoms. The van der Waals surface area contributed by atoms with E-state index in [4.69, 9.17) is 20.1 Å². The zero-order chi connectivity index (χ0) is 9.23. The highest BCUT2D eigenvalue weighted by molar-refractivity contribution is 5.73. The highest BCUT2D eigenvalue weighted by atomic mass is 16.4. The maximum absolute atomic E-state index is 10.1. The summed E-state index contributed by atoms with van der Waals surface area (Å²) in [7, 11) is 0. The van der Waals surface area contributed by atoms with Crippen LogP contribution in [-0.4, -0.2) is 28.3 Å². The summed E-state index contributed by atoms with van der Waals surface area (Å²) < 4.78 is 19.8. The molecule has 0 aromatic carbocycles. The van der Waals surface area contributed by atoms with E-state index in [1.54, 1.807) is 0 Å². The van der Waals surface area contributed by atoms with Gasteiger partial charge < -0.3 is 15.9 Å². The number of aliphatic hydroxyl groups excluding tert-OH is 1. The van der Waals surface area contributed by atoms with E-state index in [2.05, 4.69) is 0 Å². The topological polar surface area (TPSA) is 83.5 Å². The molecule has 0 fully saturated rings. The Balaban J connectivity index is 4.25. The summed E-state index contributed by atoms with van der Waals surface area (Å²) in [5.74, 6) is -1.53. The van der Waals surface area contributed by atoms with Crippen LogP contribution < -0.4 is 5.73 Å². The lowest BCUT2D eigenvalue weighted by Crippen LogP contribution is -2.39. The van der Waals surface area contributed by atoms with Gasteiger partial charge in [-0.15, -0.1) is 0 Å². The van der Waals surface area contributed by atoms with Crippen LogP contribution in [0.4, 0.5) is 0 Å². The van der Waals surface area contributed by atoms with Crippen LogP contribution in [0.1, 0.15) is 11.0 Å². The smallest absolute Gasteiger partial charge is 0.323 e. The van der Waals surface area contributed by atoms with Crippen molar-refractivity contribution in [3.63, 3.8) is 0 Å². The highest BCUT2D eigenvalue weighted by Gasteiger charge is 2.16. The molecule has 0 rings (SSSR count). The number of carboxylic acids is 1. The quantitative estimate of drug-likeness (QED) is 0.402. The van der Waals surface area contributed by atoms with Crippen LogP contribution in [0.3, 0.4) is 0 Å². The van der Waals surface area contributed by atoms with E-state index >= 15 is 0 Å². The molecule has 4 nitrogen and oxygen atoms in total. The van der Waals surface area contributed by atoms with Gasteiger partial charge >= 0.3 is 5.97 Å². The summed E-state index contributed by atoms with van der Waals surface area (Å²) >= 11 is 0. The van der Waals surface area contributed by atoms with Crippen molar-refractivity contribution in [1.82, 2.24) is 0 Å². The number of rotatable bonds is 2. The largest absolute Gasteiger partial charge is 0.480 e. The lowest BCUT2D eigenvalue weighted by molar-refractivity contribution is -0.140. The molecule has 8 heavy (non-hydrogen) atoms. The first kappa shape index (κ1) is 3.42. The maximum Gasteiger partial charge on any atom is 0.323 e. The number of nitrogens with two attached hydrogens (primary N) is 1. The van der Waals surface area contributed by atoms with Crippen LogP contribution in [0.5, 0.6) is 0 Å². The second-order valence-electron chi connectivity index (χ2n) is 1.31. The molecular formula is C4H9NO3. The minimum atomic E-state index is -2.74. The second-order valence-corrected chi connectivity index (χ2v) is 1.31. The Kier molecular flexibility index (Phi) is 1.13. The van der Waals surface area contributed by atoms with Crippen LogP contribution in [0.25, 0.3) is 0 Å². The maximum atomic E-state index is 10.1. The Morgan fingerprint density at radius 3 is 2.62 bits per heavy atom. The van der Waals surface area contributed by atoms with Gasteiger partial charge in [0.2, 0.25) is 0 Å². The Morgan fingerprint density at radius 2 is 2.50 bits per heavy atom. The predicted octanol–water partition coefficient (Wildman–Crippen LogP) is -1.22. The van der Waals surface area contributed by atoms with Crippen LogP contribution in [0.2, 0.25) is 0 Å². The van der Waals surface area contributed by atoms with Crippen molar-refractivity contribution in [2.24, 2.45) is 5.73 Å². The third-order valence-corrected chi connectivity index (χ3v) is 0.625. The average molecular weight is 123 g/mol. The summed E-state index contributed by atoms with van der Waals surface area (Å²) in [4.78, 5) is 10.1. The molecule has 0 spiro atoms. The van der Waals surface area contributed by atoms with Crippen LogP contribution >= 0.6 is 0 Å². The number of aliphatic carboxylic acids is 1. The average Bonchev–Trinajstić information content (AvgIpc) is 1.82. The van der Waals surface area contributed by atoms with Gasteiger partial charge in [-0.2, -0.15) is 0 Å². The molecule has 0 aliphatic carbocycles. The number of aliphatic hydroxyl groups is 1. The fraction of sp³-hybridized carbons (Fsp3) is 0.750. The van der Waals surface area contributed by atoms with Gasteiger partial charge in [-0.25, -0.2) is 0 Å². The van der Waals surface area contributed by atoms with Gasteiger partial charge in [-0.05, 0) is 6.85 Å². The lowest BCUT2D eigenvalue weighted by atomic mass is 10.3. The first-order valence-electron chi connectivity index (χ1n) is 3.43. The molecule has 0 saturated carbocycles. The van der Waals surface area contributed by atoms with Crippen molar-refractivity contribution in [3.8, 4) is 0 Å². The Bertz CT molecular complexity index is 157. The van der Waals surface area contributed by atoms with Gasteiger partial charge in [0.15, 0.2) is 0 Å². The first-order valence-corrected chi connectivity index (χ1v) is 1.93. The van der Waals surface area contributed by atoms with E-state index in [1.807, 2.05) is 0 Å². The van der Waals surface area contributed by atoms with Gasteiger partial charge in [-0.1, -0.05) is 0 Å². The van der Waals surface area contributed by atoms with E-state index in [0.29, 0.717) is 0 Å². The SMILES string of the molecule is [2H][13C]([2H])([2H])[C@H](O)[C@@H](N)C(=O)O. The van der Waals surface area contributed by atoms with Crippen molar-refractivity contribution < 1.29 is 19.1 Å². The van der Waals surface area contributed by atoms with Crippen molar-refractivity contribution in [3.05, 3.63) is 0 Å². The summed E-state index contributed by atoms with van der Waals surface area (Å²) in [6, 6.07) is -1.76. The molecule has 0 amide bonds. The van der Waals surface area contributed by atoms with Crippen molar-refractivity contribution in [1.29, 1.82) is 0 Å². The van der Waals surface area contributed by atoms with Crippen LogP contribution in [0.15, 0.2) is 0 Å². The highest BCUT2D eigenvalue weighted by Crippen LogP contribution is 1.85. The predicted molar refractivity (Wildman–Crippen MR) is 27.3 cm³/mol. The molecule has 0 unspecified atom stereocenters. The summed E-state index contributed by atoms with van der Waals surface area (Å²) in [5, 5.41) is 16.9. The minimum absolute atomic E-state index is 1.53. The third kappa shape index (κ3) is 1.90. The normalized spacial score (nSPS) is 24.5. The number of hydrogen-bond acceptors (Lipinski definition) is 3. The zero-order valence-corrected chi connectivity index (χ0v) is 4.03. The standard InChI is InChI=1S/C4H9NO3/c1-2(6)3(5)4(7)8/h2-3,6H,5H2,1H3,(H,7,8)/t2-,3+/m0/s1/i1+1D3. The molecule has 0 radical (unpaired) electrons. The number of carbonyl (C=O) groups is 1. The molecule has 0 aliphatic rings. The lowest BCUT2D eigenvalue weighted by Gasteiger charge is -2.06. The molecule has 4 N–H and O–H groups in total. The third-order valence-electron chi connectivity index (χ3n) is 0.625. The molecular weight excluding hydrogens is 111 g/mol. The van der Waals surface area contributed by atoms with E-state index in [9.17, 15) is 4.79 Å². The van der Waals surface area contributed by atoms with Gasteiger partial charge in [0, 0.05) is 4.11 Å². The fourth-order valence-electron chi connectivity index (χ4n) is 0.135. The second kappa shape index (κ2) is 2.64.